The van der Waals surface area contributed by atoms with E-state index >= 15 is 0 Å². The maximum absolute atomic E-state index is 14.6. The normalized spacial score (nSPS) is 20.3. The van der Waals surface area contributed by atoms with Gasteiger partial charge in [-0.15, -0.1) is 0 Å². The first-order valence-electron chi connectivity index (χ1n) is 10.8. The van der Waals surface area contributed by atoms with Crippen LogP contribution >= 0.6 is 0 Å². The largest absolute Gasteiger partial charge is 0.206 e. The smallest absolute Gasteiger partial charge is 0.130 e. The molecule has 1 heteroatoms. The van der Waals surface area contributed by atoms with Gasteiger partial charge in [-0.2, -0.15) is 0 Å². The molecule has 0 atom stereocenters. The van der Waals surface area contributed by atoms with Crippen LogP contribution in [0.25, 0.3) is 12.2 Å². The van der Waals surface area contributed by atoms with Gasteiger partial charge in [0.05, 0.1) is 0 Å². The van der Waals surface area contributed by atoms with Crippen molar-refractivity contribution in [2.24, 2.45) is 5.92 Å². The molecule has 0 bridgehead atoms. The summed E-state index contributed by atoms with van der Waals surface area (Å²) in [5, 5.41) is 0. The topological polar surface area (TPSA) is 0 Å². The van der Waals surface area contributed by atoms with E-state index < -0.39 is 0 Å². The first-order valence-corrected chi connectivity index (χ1v) is 10.8. The zero-order valence-corrected chi connectivity index (χ0v) is 16.9. The molecule has 1 saturated carbocycles. The molecule has 27 heavy (non-hydrogen) atoms. The van der Waals surface area contributed by atoms with Crippen molar-refractivity contribution in [2.75, 3.05) is 0 Å². The van der Waals surface area contributed by atoms with Crippen molar-refractivity contribution in [2.45, 2.75) is 71.1 Å². The second-order valence-corrected chi connectivity index (χ2v) is 8.11. The monoisotopic (exact) mass is 364 g/mol. The highest BCUT2D eigenvalue weighted by molar-refractivity contribution is 5.70. The molecule has 0 aromatic heterocycles. The van der Waals surface area contributed by atoms with Crippen LogP contribution < -0.4 is 0 Å². The molecule has 3 rings (SSSR count). The number of rotatable bonds is 7. The molecule has 0 heterocycles. The maximum atomic E-state index is 14.6. The van der Waals surface area contributed by atoms with Crippen LogP contribution in [0.2, 0.25) is 0 Å². The molecule has 0 N–H and O–H groups in total. The van der Waals surface area contributed by atoms with Crippen LogP contribution in [0, 0.1) is 11.7 Å². The number of aryl methyl sites for hydroxylation is 1. The quantitative estimate of drug-likeness (QED) is 0.436. The molecule has 1 aliphatic rings. The van der Waals surface area contributed by atoms with Crippen molar-refractivity contribution in [3.05, 3.63) is 70.5 Å². The number of benzene rings is 2. The fourth-order valence-corrected chi connectivity index (χ4v) is 4.40. The average molecular weight is 365 g/mol. The second kappa shape index (κ2) is 9.88. The Labute approximate surface area is 164 Å². The molecule has 0 saturated heterocycles. The summed E-state index contributed by atoms with van der Waals surface area (Å²) in [6.45, 7) is 4.46. The molecule has 2 aromatic carbocycles. The Morgan fingerprint density at radius 2 is 1.63 bits per heavy atom. The molecule has 0 nitrogen and oxygen atoms in total. The Morgan fingerprint density at radius 1 is 0.889 bits per heavy atom. The minimum Gasteiger partial charge on any atom is -0.206 e. The van der Waals surface area contributed by atoms with Crippen molar-refractivity contribution >= 4 is 12.2 Å². The molecule has 144 valence electrons. The van der Waals surface area contributed by atoms with E-state index in [1.165, 1.54) is 49.7 Å². The van der Waals surface area contributed by atoms with E-state index in [4.69, 9.17) is 0 Å². The maximum Gasteiger partial charge on any atom is 0.130 e. The predicted octanol–water partition coefficient (Wildman–Crippen LogP) is 8.02. The second-order valence-electron chi connectivity index (χ2n) is 8.11. The highest BCUT2D eigenvalue weighted by atomic mass is 19.1. The Bertz CT molecular complexity index is 733. The highest BCUT2D eigenvalue weighted by Gasteiger charge is 2.22. The zero-order chi connectivity index (χ0) is 19.1. The molecule has 0 radical (unpaired) electrons. The fourth-order valence-electron chi connectivity index (χ4n) is 4.40. The van der Waals surface area contributed by atoms with Crippen LogP contribution in [0.1, 0.15) is 87.0 Å². The molecular formula is C26H33F. The molecule has 0 amide bonds. The third-order valence-corrected chi connectivity index (χ3v) is 6.01. The Kier molecular flexibility index (Phi) is 7.26. The van der Waals surface area contributed by atoms with E-state index in [2.05, 4.69) is 44.2 Å². The van der Waals surface area contributed by atoms with Crippen LogP contribution in [0.15, 0.2) is 42.5 Å². The Hall–Kier alpha value is -1.89. The van der Waals surface area contributed by atoms with Crippen molar-refractivity contribution in [1.82, 2.24) is 0 Å². The summed E-state index contributed by atoms with van der Waals surface area (Å²) < 4.78 is 14.6. The van der Waals surface area contributed by atoms with Crippen LogP contribution in [-0.2, 0) is 6.42 Å². The van der Waals surface area contributed by atoms with Crippen LogP contribution in [0.4, 0.5) is 4.39 Å². The van der Waals surface area contributed by atoms with Gasteiger partial charge in [-0.3, -0.25) is 0 Å². The van der Waals surface area contributed by atoms with Crippen LogP contribution in [0.5, 0.6) is 0 Å². The van der Waals surface area contributed by atoms with Crippen LogP contribution in [0.3, 0.4) is 0 Å². The lowest BCUT2D eigenvalue weighted by molar-refractivity contribution is 0.308. The van der Waals surface area contributed by atoms with Crippen LogP contribution in [-0.4, -0.2) is 0 Å². The molecule has 1 aliphatic carbocycles. The summed E-state index contributed by atoms with van der Waals surface area (Å²) in [7, 11) is 0. The minimum atomic E-state index is -0.0953. The average Bonchev–Trinajstić information content (AvgIpc) is 2.69. The standard InChI is InChI=1S/C26H33F/c1-3-5-20-7-9-22(10-8-20)13-16-24-17-18-25(19-26(24)27)23-14-11-21(6-4-2)12-15-23/h7-10,13,16-19,21,23H,3-6,11-12,14-15H2,1-2H3. The molecule has 1 fully saturated rings. The van der Waals surface area contributed by atoms with Gasteiger partial charge in [-0.25, -0.2) is 4.39 Å². The van der Waals surface area contributed by atoms with E-state index in [1.54, 1.807) is 6.07 Å². The van der Waals surface area contributed by atoms with E-state index in [1.807, 2.05) is 18.2 Å². The molecule has 2 aromatic rings. The van der Waals surface area contributed by atoms with Gasteiger partial charge in [0, 0.05) is 5.56 Å². The van der Waals surface area contributed by atoms with E-state index in [-0.39, 0.29) is 5.82 Å². The van der Waals surface area contributed by atoms with Crippen molar-refractivity contribution in [3.63, 3.8) is 0 Å². The Balaban J connectivity index is 1.63. The van der Waals surface area contributed by atoms with Gasteiger partial charge in [0.25, 0.3) is 0 Å². The van der Waals surface area contributed by atoms with Gasteiger partial charge < -0.3 is 0 Å². The zero-order valence-electron chi connectivity index (χ0n) is 16.9. The molecule has 0 unspecified atom stereocenters. The minimum absolute atomic E-state index is 0.0953. The van der Waals surface area contributed by atoms with E-state index in [0.717, 1.165) is 24.3 Å². The third-order valence-electron chi connectivity index (χ3n) is 6.01. The van der Waals surface area contributed by atoms with E-state index in [9.17, 15) is 4.39 Å². The first-order chi connectivity index (χ1) is 13.2. The third kappa shape index (κ3) is 5.54. The lowest BCUT2D eigenvalue weighted by atomic mass is 9.77. The van der Waals surface area contributed by atoms with Gasteiger partial charge >= 0.3 is 0 Å². The summed E-state index contributed by atoms with van der Waals surface area (Å²) >= 11 is 0. The summed E-state index contributed by atoms with van der Waals surface area (Å²) in [6, 6.07) is 14.4. The fraction of sp³-hybridized carbons (Fsp3) is 0.462. The molecular weight excluding hydrogens is 331 g/mol. The molecule has 0 aliphatic heterocycles. The number of hydrogen-bond donors (Lipinski definition) is 0. The lowest BCUT2D eigenvalue weighted by Crippen LogP contribution is -2.13. The van der Waals surface area contributed by atoms with Gasteiger partial charge in [-0.1, -0.05) is 81.7 Å². The number of hydrogen-bond acceptors (Lipinski definition) is 0. The van der Waals surface area contributed by atoms with Crippen molar-refractivity contribution in [3.8, 4) is 0 Å². The number of halogens is 1. The first kappa shape index (κ1) is 19.9. The van der Waals surface area contributed by atoms with Gasteiger partial charge in [0.2, 0.25) is 0 Å². The summed E-state index contributed by atoms with van der Waals surface area (Å²) in [4.78, 5) is 0. The molecule has 0 spiro atoms. The van der Waals surface area contributed by atoms with Gasteiger partial charge in [0.15, 0.2) is 0 Å². The summed E-state index contributed by atoms with van der Waals surface area (Å²) in [6.07, 6.45) is 13.8. The SMILES string of the molecule is CCCc1ccc(C=Cc2ccc(C3CCC(CCC)CC3)cc2F)cc1. The van der Waals surface area contributed by atoms with E-state index in [0.29, 0.717) is 11.5 Å². The summed E-state index contributed by atoms with van der Waals surface area (Å²) in [5.74, 6) is 1.33. The predicted molar refractivity (Wildman–Crippen MR) is 115 cm³/mol. The van der Waals surface area contributed by atoms with Gasteiger partial charge in [0.1, 0.15) is 5.82 Å². The lowest BCUT2D eigenvalue weighted by Gasteiger charge is -2.28. The Morgan fingerprint density at radius 3 is 2.26 bits per heavy atom. The highest BCUT2D eigenvalue weighted by Crippen LogP contribution is 2.37. The van der Waals surface area contributed by atoms with Crippen molar-refractivity contribution in [1.29, 1.82) is 0 Å². The van der Waals surface area contributed by atoms with Crippen molar-refractivity contribution < 1.29 is 4.39 Å². The van der Waals surface area contributed by atoms with Gasteiger partial charge in [-0.05, 0) is 66.7 Å². The summed E-state index contributed by atoms with van der Waals surface area (Å²) in [5.41, 5.74) is 4.34.